The molecule has 8 heteroatoms. The largest absolute Gasteiger partial charge is 0.436 e. The van der Waals surface area contributed by atoms with E-state index in [1.165, 1.54) is 0 Å². The summed E-state index contributed by atoms with van der Waals surface area (Å²) in [6.07, 6.45) is -0.670. The van der Waals surface area contributed by atoms with Crippen LogP contribution in [0.4, 0.5) is 14.5 Å². The van der Waals surface area contributed by atoms with Crippen LogP contribution in [0.25, 0.3) is 22.6 Å². The number of alkyl halides is 1. The molecule has 0 fully saturated rings. The molecule has 4 nitrogen and oxygen atoms in total. The molecule has 126 valence electrons. The summed E-state index contributed by atoms with van der Waals surface area (Å²) < 4.78 is 32.1. The maximum absolute atomic E-state index is 13.4. The van der Waals surface area contributed by atoms with Gasteiger partial charge in [-0.1, -0.05) is 11.6 Å². The summed E-state index contributed by atoms with van der Waals surface area (Å²) in [5.41, 5.74) is 1.85. The van der Waals surface area contributed by atoms with Crippen LogP contribution in [0.15, 0.2) is 34.7 Å². The van der Waals surface area contributed by atoms with Crippen molar-refractivity contribution in [3.63, 3.8) is 0 Å². The van der Waals surface area contributed by atoms with Gasteiger partial charge in [0.15, 0.2) is 17.2 Å². The molecule has 0 aliphatic heterocycles. The number of aliphatic hydroxyl groups excluding tert-OH is 1. The average Bonchev–Trinajstić information content (AvgIpc) is 2.98. The molecular weight excluding hydrogens is 361 g/mol. The second-order valence-corrected chi connectivity index (χ2v) is 5.85. The van der Waals surface area contributed by atoms with E-state index in [0.29, 0.717) is 16.8 Å². The van der Waals surface area contributed by atoms with Crippen LogP contribution >= 0.6 is 23.2 Å². The lowest BCUT2D eigenvalue weighted by Gasteiger charge is -2.09. The van der Waals surface area contributed by atoms with Crippen LogP contribution in [-0.4, -0.2) is 28.6 Å². The Hall–Kier alpha value is -1.89. The Balaban J connectivity index is 1.93. The summed E-state index contributed by atoms with van der Waals surface area (Å²) in [5, 5.41) is 12.5. The van der Waals surface area contributed by atoms with E-state index in [1.807, 2.05) is 0 Å². The van der Waals surface area contributed by atoms with Crippen LogP contribution < -0.4 is 5.32 Å². The second kappa shape index (κ2) is 6.93. The Morgan fingerprint density at radius 1 is 1.21 bits per heavy atom. The summed E-state index contributed by atoms with van der Waals surface area (Å²) in [4.78, 5) is 4.25. The highest BCUT2D eigenvalue weighted by atomic mass is 35.5. The molecule has 3 aromatic rings. The lowest BCUT2D eigenvalue weighted by molar-refractivity contribution is 0.211. The molecule has 1 aromatic heterocycles. The number of anilines is 1. The number of aromatic nitrogens is 1. The highest BCUT2D eigenvalue weighted by molar-refractivity contribution is 6.33. The molecule has 2 aromatic carbocycles. The number of hydrogen-bond donors (Lipinski definition) is 2. The van der Waals surface area contributed by atoms with Crippen molar-refractivity contribution in [2.24, 2.45) is 0 Å². The minimum atomic E-state index is -1.04. The van der Waals surface area contributed by atoms with Gasteiger partial charge < -0.3 is 14.8 Å². The normalized spacial score (nSPS) is 12.5. The third kappa shape index (κ3) is 3.45. The molecule has 0 saturated heterocycles. The van der Waals surface area contributed by atoms with Crippen molar-refractivity contribution in [1.29, 1.82) is 0 Å². The molecule has 0 radical (unpaired) electrons. The number of aliphatic hydroxyl groups is 1. The molecule has 0 saturated carbocycles. The Bertz CT molecular complexity index is 886. The first-order valence-electron chi connectivity index (χ1n) is 7.01. The van der Waals surface area contributed by atoms with Gasteiger partial charge in [-0.2, -0.15) is 0 Å². The van der Waals surface area contributed by atoms with E-state index in [4.69, 9.17) is 27.6 Å². The van der Waals surface area contributed by atoms with Crippen molar-refractivity contribution in [3.8, 4) is 11.5 Å². The third-order valence-electron chi connectivity index (χ3n) is 3.35. The summed E-state index contributed by atoms with van der Waals surface area (Å²) in [6, 6.07) is 6.94. The van der Waals surface area contributed by atoms with Gasteiger partial charge in [-0.05, 0) is 30.3 Å². The molecule has 0 bridgehead atoms. The van der Waals surface area contributed by atoms with Crippen LogP contribution in [0, 0.1) is 11.6 Å². The maximum Gasteiger partial charge on any atom is 0.228 e. The number of nitrogens with one attached hydrogen (secondary N) is 1. The molecular formula is C16H12Cl2F2N2O2. The number of fused-ring (bicyclic) bond motifs is 1. The zero-order valence-corrected chi connectivity index (χ0v) is 13.7. The summed E-state index contributed by atoms with van der Waals surface area (Å²) in [6.45, 7) is 0.286. The Labute approximate surface area is 146 Å². The van der Waals surface area contributed by atoms with Crippen molar-refractivity contribution < 1.29 is 18.3 Å². The lowest BCUT2D eigenvalue weighted by Crippen LogP contribution is -2.20. The first kappa shape index (κ1) is 17.0. The summed E-state index contributed by atoms with van der Waals surface area (Å²) in [7, 11) is 0. The van der Waals surface area contributed by atoms with Crippen LogP contribution in [0.2, 0.25) is 5.02 Å². The van der Waals surface area contributed by atoms with Gasteiger partial charge in [0.05, 0.1) is 22.6 Å². The highest BCUT2D eigenvalue weighted by Crippen LogP contribution is 2.32. The quantitative estimate of drug-likeness (QED) is 0.513. The van der Waals surface area contributed by atoms with Gasteiger partial charge in [-0.3, -0.25) is 0 Å². The number of benzene rings is 2. The Morgan fingerprint density at radius 2 is 1.96 bits per heavy atom. The van der Waals surface area contributed by atoms with Crippen LogP contribution in [0.5, 0.6) is 0 Å². The molecule has 0 amide bonds. The van der Waals surface area contributed by atoms with Crippen LogP contribution in [-0.2, 0) is 0 Å². The molecule has 24 heavy (non-hydrogen) atoms. The molecule has 2 N–H and O–H groups in total. The van der Waals surface area contributed by atoms with E-state index in [9.17, 15) is 13.9 Å². The smallest absolute Gasteiger partial charge is 0.228 e. The number of oxazole rings is 1. The lowest BCUT2D eigenvalue weighted by atomic mass is 10.2. The van der Waals surface area contributed by atoms with Gasteiger partial charge in [-0.25, -0.2) is 13.8 Å². The fraction of sp³-hybridized carbons (Fsp3) is 0.188. The van der Waals surface area contributed by atoms with E-state index in [0.717, 1.165) is 12.1 Å². The maximum atomic E-state index is 13.4. The van der Waals surface area contributed by atoms with E-state index >= 15 is 0 Å². The fourth-order valence-corrected chi connectivity index (χ4v) is 2.47. The third-order valence-corrected chi connectivity index (χ3v) is 4.02. The van der Waals surface area contributed by atoms with Crippen molar-refractivity contribution in [3.05, 3.63) is 47.0 Å². The number of halogens is 4. The minimum absolute atomic E-state index is 0.00374. The zero-order valence-electron chi connectivity index (χ0n) is 12.2. The summed E-state index contributed by atoms with van der Waals surface area (Å²) >= 11 is 11.5. The van der Waals surface area contributed by atoms with Gasteiger partial charge in [0.2, 0.25) is 5.89 Å². The minimum Gasteiger partial charge on any atom is -0.436 e. The highest BCUT2D eigenvalue weighted by Gasteiger charge is 2.16. The van der Waals surface area contributed by atoms with E-state index in [-0.39, 0.29) is 28.9 Å². The molecule has 1 atom stereocenters. The van der Waals surface area contributed by atoms with Crippen molar-refractivity contribution in [1.82, 2.24) is 4.98 Å². The number of rotatable bonds is 5. The molecule has 0 spiro atoms. The van der Waals surface area contributed by atoms with Gasteiger partial charge >= 0.3 is 0 Å². The van der Waals surface area contributed by atoms with Crippen molar-refractivity contribution in [2.75, 3.05) is 17.7 Å². The number of hydrogen-bond acceptors (Lipinski definition) is 4. The fourth-order valence-electron chi connectivity index (χ4n) is 2.13. The topological polar surface area (TPSA) is 58.3 Å². The zero-order chi connectivity index (χ0) is 17.3. The van der Waals surface area contributed by atoms with E-state index < -0.39 is 17.7 Å². The average molecular weight is 373 g/mol. The van der Waals surface area contributed by atoms with Gasteiger partial charge in [-0.15, -0.1) is 11.6 Å². The van der Waals surface area contributed by atoms with Gasteiger partial charge in [0.25, 0.3) is 0 Å². The van der Waals surface area contributed by atoms with E-state index in [2.05, 4.69) is 10.3 Å². The Kier molecular flexibility index (Phi) is 4.89. The molecule has 1 heterocycles. The monoisotopic (exact) mass is 372 g/mol. The predicted octanol–water partition coefficient (Wildman–Crippen LogP) is 4.44. The van der Waals surface area contributed by atoms with Crippen LogP contribution in [0.1, 0.15) is 0 Å². The SMILES string of the molecule is OC(CCl)CNc1ccc2oc(-c3cc(F)c(F)cc3Cl)nc2c1. The Morgan fingerprint density at radius 3 is 2.71 bits per heavy atom. The van der Waals surface area contributed by atoms with Gasteiger partial charge in [0, 0.05) is 12.2 Å². The molecule has 1 unspecified atom stereocenters. The number of nitrogens with zero attached hydrogens (tertiary/aromatic N) is 1. The van der Waals surface area contributed by atoms with Crippen molar-refractivity contribution in [2.45, 2.75) is 6.10 Å². The molecule has 3 rings (SSSR count). The predicted molar refractivity (Wildman–Crippen MR) is 89.6 cm³/mol. The molecule has 0 aliphatic rings. The van der Waals surface area contributed by atoms with E-state index in [1.54, 1.807) is 18.2 Å². The standard InChI is InChI=1S/C16H12Cl2F2N2O2/c17-6-9(23)7-21-8-1-2-15-14(3-8)22-16(24-15)10-4-12(19)13(20)5-11(10)18/h1-5,9,21,23H,6-7H2. The van der Waals surface area contributed by atoms with Crippen molar-refractivity contribution >= 4 is 40.0 Å². The first-order chi connectivity index (χ1) is 11.5. The molecule has 0 aliphatic carbocycles. The summed E-state index contributed by atoms with van der Waals surface area (Å²) in [5.74, 6) is -1.86. The first-order valence-corrected chi connectivity index (χ1v) is 7.92. The van der Waals surface area contributed by atoms with Gasteiger partial charge in [0.1, 0.15) is 5.52 Å². The second-order valence-electron chi connectivity index (χ2n) is 5.14. The van der Waals surface area contributed by atoms with Crippen LogP contribution in [0.3, 0.4) is 0 Å².